The normalized spacial score (nSPS) is 12.9. The number of aromatic nitrogens is 1. The maximum absolute atomic E-state index is 12.6. The van der Waals surface area contributed by atoms with E-state index in [-0.39, 0.29) is 0 Å². The summed E-state index contributed by atoms with van der Waals surface area (Å²) < 4.78 is 7.68. The average molecular weight is 384 g/mol. The predicted molar refractivity (Wildman–Crippen MR) is 104 cm³/mol. The second-order valence-electron chi connectivity index (χ2n) is 6.13. The molecule has 1 aromatic heterocycles. The highest BCUT2D eigenvalue weighted by molar-refractivity contribution is 7.16. The summed E-state index contributed by atoms with van der Waals surface area (Å²) in [5.74, 6) is -0.699. The number of fused-ring (bicyclic) bond motifs is 1. The zero-order chi connectivity index (χ0) is 19.6. The minimum atomic E-state index is -0.961. The molecule has 3 aromatic rings. The van der Waals surface area contributed by atoms with Gasteiger partial charge >= 0.3 is 5.97 Å². The number of carbonyl (C=O) groups excluding carboxylic acids is 1. The van der Waals surface area contributed by atoms with Gasteiger partial charge in [0.05, 0.1) is 17.3 Å². The Labute approximate surface area is 160 Å². The smallest absolute Gasteiger partial charge is 0.326 e. The molecule has 0 fully saturated rings. The van der Waals surface area contributed by atoms with Gasteiger partial charge in [-0.2, -0.15) is 4.99 Å². The standard InChI is InChI=1S/C20H20N2O4S/c1-4-15(19(24)25)22-16-10-9-14(26-3)11-17(16)27-20(22)21-18(23)13-7-5-12(2)6-8-13/h5-11,15H,4H2,1-3H3,(H,24,25). The topological polar surface area (TPSA) is 80.9 Å². The van der Waals surface area contributed by atoms with E-state index in [4.69, 9.17) is 4.74 Å². The number of ether oxygens (including phenoxy) is 1. The zero-order valence-electron chi connectivity index (χ0n) is 15.3. The van der Waals surface area contributed by atoms with Gasteiger partial charge in [0.25, 0.3) is 5.91 Å². The first-order valence-corrected chi connectivity index (χ1v) is 9.34. The lowest BCUT2D eigenvalue weighted by atomic mass is 10.1. The number of hydrogen-bond donors (Lipinski definition) is 1. The van der Waals surface area contributed by atoms with Crippen molar-refractivity contribution in [2.75, 3.05) is 7.11 Å². The van der Waals surface area contributed by atoms with Gasteiger partial charge in [-0.15, -0.1) is 0 Å². The molecule has 1 unspecified atom stereocenters. The Morgan fingerprint density at radius 2 is 1.93 bits per heavy atom. The molecule has 7 heteroatoms. The maximum Gasteiger partial charge on any atom is 0.326 e. The van der Waals surface area contributed by atoms with Gasteiger partial charge in [0.2, 0.25) is 0 Å². The molecule has 6 nitrogen and oxygen atoms in total. The first kappa shape index (κ1) is 18.8. The van der Waals surface area contributed by atoms with E-state index in [0.717, 1.165) is 10.3 Å². The van der Waals surface area contributed by atoms with E-state index in [2.05, 4.69) is 4.99 Å². The van der Waals surface area contributed by atoms with E-state index in [1.165, 1.54) is 11.3 Å². The van der Waals surface area contributed by atoms with E-state index >= 15 is 0 Å². The zero-order valence-corrected chi connectivity index (χ0v) is 16.1. The summed E-state index contributed by atoms with van der Waals surface area (Å²) in [5.41, 5.74) is 2.23. The van der Waals surface area contributed by atoms with E-state index < -0.39 is 17.9 Å². The molecule has 140 valence electrons. The van der Waals surface area contributed by atoms with Crippen LogP contribution < -0.4 is 9.54 Å². The van der Waals surface area contributed by atoms with Crippen molar-refractivity contribution in [3.8, 4) is 5.75 Å². The summed E-state index contributed by atoms with van der Waals surface area (Å²) in [6, 6.07) is 11.7. The Morgan fingerprint density at radius 3 is 2.52 bits per heavy atom. The minimum absolute atomic E-state index is 0.359. The molecule has 1 heterocycles. The number of aliphatic carboxylic acids is 1. The second-order valence-corrected chi connectivity index (χ2v) is 7.14. The molecule has 3 rings (SSSR count). The van der Waals surface area contributed by atoms with Crippen LogP contribution in [-0.4, -0.2) is 28.7 Å². The van der Waals surface area contributed by atoms with Gasteiger partial charge in [-0.25, -0.2) is 4.79 Å². The summed E-state index contributed by atoms with van der Waals surface area (Å²) in [5, 5.41) is 9.64. The molecule has 0 radical (unpaired) electrons. The Hall–Kier alpha value is -2.93. The fourth-order valence-electron chi connectivity index (χ4n) is 2.85. The van der Waals surface area contributed by atoms with Crippen LogP contribution in [0.25, 0.3) is 10.2 Å². The van der Waals surface area contributed by atoms with Gasteiger partial charge in [-0.05, 0) is 43.7 Å². The van der Waals surface area contributed by atoms with E-state index in [1.807, 2.05) is 25.1 Å². The molecule has 0 aliphatic carbocycles. The lowest BCUT2D eigenvalue weighted by Gasteiger charge is -2.13. The van der Waals surface area contributed by atoms with Crippen LogP contribution in [0.15, 0.2) is 47.5 Å². The van der Waals surface area contributed by atoms with Crippen molar-refractivity contribution in [1.29, 1.82) is 0 Å². The van der Waals surface area contributed by atoms with Crippen LogP contribution in [0.1, 0.15) is 35.3 Å². The van der Waals surface area contributed by atoms with Gasteiger partial charge in [-0.3, -0.25) is 4.79 Å². The molecule has 0 bridgehead atoms. The average Bonchev–Trinajstić information content (AvgIpc) is 2.99. The lowest BCUT2D eigenvalue weighted by molar-refractivity contribution is -0.140. The summed E-state index contributed by atoms with van der Waals surface area (Å²) in [7, 11) is 1.57. The molecular formula is C20H20N2O4S. The second kappa shape index (κ2) is 7.75. The van der Waals surface area contributed by atoms with Crippen LogP contribution in [0, 0.1) is 6.92 Å². The number of amides is 1. The number of carbonyl (C=O) groups is 2. The number of thiazole rings is 1. The van der Waals surface area contributed by atoms with Gasteiger partial charge in [0, 0.05) is 5.56 Å². The predicted octanol–water partition coefficient (Wildman–Crippen LogP) is 3.80. The van der Waals surface area contributed by atoms with Gasteiger partial charge in [-0.1, -0.05) is 36.0 Å². The van der Waals surface area contributed by atoms with Crippen LogP contribution in [0.3, 0.4) is 0 Å². The fourth-order valence-corrected chi connectivity index (χ4v) is 3.94. The molecule has 27 heavy (non-hydrogen) atoms. The Morgan fingerprint density at radius 1 is 1.22 bits per heavy atom. The molecule has 0 saturated heterocycles. The van der Waals surface area contributed by atoms with Crippen molar-refractivity contribution in [1.82, 2.24) is 4.57 Å². The number of benzene rings is 2. The van der Waals surface area contributed by atoms with Gasteiger partial charge in [0.15, 0.2) is 4.80 Å². The summed E-state index contributed by atoms with van der Waals surface area (Å²) in [6.45, 7) is 3.74. The molecule has 0 spiro atoms. The third kappa shape index (κ3) is 3.78. The quantitative estimate of drug-likeness (QED) is 0.726. The molecule has 0 saturated carbocycles. The van der Waals surface area contributed by atoms with Crippen LogP contribution in [0.5, 0.6) is 5.75 Å². The highest BCUT2D eigenvalue weighted by Gasteiger charge is 2.22. The molecule has 2 aromatic carbocycles. The summed E-state index contributed by atoms with van der Waals surface area (Å²) in [4.78, 5) is 29.0. The van der Waals surface area contributed by atoms with Crippen LogP contribution in [0.2, 0.25) is 0 Å². The molecule has 1 N–H and O–H groups in total. The third-order valence-corrected chi connectivity index (χ3v) is 5.33. The Bertz CT molecular complexity index is 1060. The molecule has 1 atom stereocenters. The number of nitrogens with zero attached hydrogens (tertiary/aromatic N) is 2. The minimum Gasteiger partial charge on any atom is -0.497 e. The lowest BCUT2D eigenvalue weighted by Crippen LogP contribution is -2.27. The van der Waals surface area contributed by atoms with Gasteiger partial charge < -0.3 is 14.4 Å². The highest BCUT2D eigenvalue weighted by Crippen LogP contribution is 2.26. The van der Waals surface area contributed by atoms with Crippen molar-refractivity contribution < 1.29 is 19.4 Å². The first-order chi connectivity index (χ1) is 12.9. The number of hydrogen-bond acceptors (Lipinski definition) is 4. The molecule has 1 amide bonds. The number of methoxy groups -OCH3 is 1. The van der Waals surface area contributed by atoms with Crippen molar-refractivity contribution in [2.45, 2.75) is 26.3 Å². The Kier molecular flexibility index (Phi) is 5.41. The SMILES string of the molecule is CCC(C(=O)O)n1c(=NC(=O)c2ccc(C)cc2)sc2cc(OC)ccc21. The molecule has 0 aliphatic rings. The maximum atomic E-state index is 12.6. The van der Waals surface area contributed by atoms with E-state index in [1.54, 1.807) is 42.9 Å². The van der Waals surface area contributed by atoms with Crippen LogP contribution >= 0.6 is 11.3 Å². The molecule has 0 aliphatic heterocycles. The largest absolute Gasteiger partial charge is 0.497 e. The number of carboxylic acids is 1. The van der Waals surface area contributed by atoms with Gasteiger partial charge in [0.1, 0.15) is 11.8 Å². The van der Waals surface area contributed by atoms with E-state index in [9.17, 15) is 14.7 Å². The number of aryl methyl sites for hydroxylation is 1. The number of carboxylic acid groups (broad SMARTS) is 1. The van der Waals surface area contributed by atoms with Crippen molar-refractivity contribution in [2.24, 2.45) is 4.99 Å². The van der Waals surface area contributed by atoms with Crippen molar-refractivity contribution >= 4 is 33.4 Å². The Balaban J connectivity index is 2.22. The first-order valence-electron chi connectivity index (χ1n) is 8.52. The van der Waals surface area contributed by atoms with Crippen molar-refractivity contribution in [3.63, 3.8) is 0 Å². The third-order valence-electron chi connectivity index (χ3n) is 4.31. The van der Waals surface area contributed by atoms with Crippen LogP contribution in [-0.2, 0) is 4.79 Å². The number of rotatable bonds is 5. The summed E-state index contributed by atoms with van der Waals surface area (Å²) >= 11 is 1.27. The highest BCUT2D eigenvalue weighted by atomic mass is 32.1. The summed E-state index contributed by atoms with van der Waals surface area (Å²) in [6.07, 6.45) is 0.374. The van der Waals surface area contributed by atoms with Crippen molar-refractivity contribution in [3.05, 3.63) is 58.4 Å². The van der Waals surface area contributed by atoms with E-state index in [0.29, 0.717) is 28.1 Å². The van der Waals surface area contributed by atoms with Crippen LogP contribution in [0.4, 0.5) is 0 Å². The fraction of sp³-hybridized carbons (Fsp3) is 0.250. The molecular weight excluding hydrogens is 364 g/mol. The monoisotopic (exact) mass is 384 g/mol.